The maximum Gasteiger partial charge on any atom is 0.298 e. The fourth-order valence-corrected chi connectivity index (χ4v) is 5.32. The molecule has 2 aliphatic rings. The smallest absolute Gasteiger partial charge is 0.298 e. The van der Waals surface area contributed by atoms with Gasteiger partial charge in [-0.2, -0.15) is 4.98 Å². The van der Waals surface area contributed by atoms with Gasteiger partial charge in [-0.3, -0.25) is 9.59 Å². The highest BCUT2D eigenvalue weighted by molar-refractivity contribution is 6.28. The Kier molecular flexibility index (Phi) is 5.94. The average molecular weight is 451 g/mol. The van der Waals surface area contributed by atoms with Crippen LogP contribution in [0.2, 0.25) is 5.28 Å². The van der Waals surface area contributed by atoms with Crippen molar-refractivity contribution in [2.75, 3.05) is 5.32 Å². The predicted molar refractivity (Wildman–Crippen MR) is 107 cm³/mol. The van der Waals surface area contributed by atoms with Gasteiger partial charge in [-0.25, -0.2) is 18.9 Å². The van der Waals surface area contributed by atoms with Crippen molar-refractivity contribution in [3.8, 4) is 0 Å². The number of Topliss-reactive ketones (excluding diaryl/α,β-unsaturated/α-hetero) is 1. The van der Waals surface area contributed by atoms with Crippen molar-refractivity contribution in [1.29, 1.82) is 0 Å². The molecule has 2 bridgehead atoms. The van der Waals surface area contributed by atoms with Crippen LogP contribution in [0.3, 0.4) is 0 Å². The lowest BCUT2D eigenvalue weighted by molar-refractivity contribution is -0.682. The van der Waals surface area contributed by atoms with Gasteiger partial charge < -0.3 is 11.1 Å². The number of ketones is 1. The van der Waals surface area contributed by atoms with E-state index < -0.39 is 17.6 Å². The minimum atomic E-state index is -0.658. The topological polar surface area (TPSA) is 147 Å². The number of H-pyrrole nitrogens is 1. The molecule has 4 N–H and O–H groups in total. The third-order valence-electron chi connectivity index (χ3n) is 6.41. The fraction of sp³-hybridized carbons (Fsp3) is 0.526. The molecule has 5 atom stereocenters. The lowest BCUT2D eigenvalue weighted by Gasteiger charge is -2.35. The van der Waals surface area contributed by atoms with Crippen LogP contribution in [-0.4, -0.2) is 32.7 Å². The Balaban J connectivity index is 1.41. The number of aromatic amines is 1. The Morgan fingerprint density at radius 2 is 2.23 bits per heavy atom. The van der Waals surface area contributed by atoms with Gasteiger partial charge >= 0.3 is 0 Å². The van der Waals surface area contributed by atoms with E-state index in [-0.39, 0.29) is 53.0 Å². The van der Waals surface area contributed by atoms with E-state index in [0.29, 0.717) is 12.8 Å². The largest absolute Gasteiger partial charge is 0.369 e. The Labute approximate surface area is 181 Å². The summed E-state index contributed by atoms with van der Waals surface area (Å²) in [7, 11) is 0. The molecule has 0 spiro atoms. The number of nitroso groups, excluding NO2 is 1. The van der Waals surface area contributed by atoms with E-state index in [9.17, 15) is 18.9 Å². The Morgan fingerprint density at radius 3 is 2.94 bits per heavy atom. The molecule has 2 heterocycles. The van der Waals surface area contributed by atoms with Crippen molar-refractivity contribution in [3.05, 3.63) is 34.7 Å². The molecule has 1 amide bonds. The van der Waals surface area contributed by atoms with E-state index in [1.807, 2.05) is 0 Å². The standard InChI is InChI=1S/C19H21ClFN7O3/c20-19-23-5-13(21)18(26-19)25-16-12-4-10(15(16)17(22)30)3-9(12)1-2-11(29)6-28-7-14(27-31)24-8-28/h5,7-10,12,15-16H,1-4,6H2,(H3,22,23,25,26,30)/p+1/t9-,10-,12-,15+,16-/m1/s1. The zero-order valence-electron chi connectivity index (χ0n) is 16.5. The first-order valence-electron chi connectivity index (χ1n) is 10.0. The number of imidazole rings is 1. The summed E-state index contributed by atoms with van der Waals surface area (Å²) in [4.78, 5) is 45.1. The van der Waals surface area contributed by atoms with Gasteiger partial charge in [-0.15, -0.1) is 4.91 Å². The number of halogens is 2. The Bertz CT molecular complexity index is 1020. The Morgan fingerprint density at radius 1 is 1.42 bits per heavy atom. The summed E-state index contributed by atoms with van der Waals surface area (Å²) in [6, 6.07) is -0.378. The first-order valence-corrected chi connectivity index (χ1v) is 10.4. The normalized spacial score (nSPS) is 26.7. The van der Waals surface area contributed by atoms with Crippen molar-refractivity contribution >= 4 is 34.9 Å². The first kappa shape index (κ1) is 21.3. The van der Waals surface area contributed by atoms with E-state index >= 15 is 0 Å². The molecule has 2 aliphatic carbocycles. The zero-order valence-corrected chi connectivity index (χ0v) is 17.3. The number of nitrogens with two attached hydrogens (primary N) is 1. The molecule has 0 aromatic carbocycles. The second-order valence-corrected chi connectivity index (χ2v) is 8.56. The van der Waals surface area contributed by atoms with Gasteiger partial charge in [0.2, 0.25) is 17.5 Å². The van der Waals surface area contributed by atoms with Crippen LogP contribution in [0.1, 0.15) is 25.7 Å². The van der Waals surface area contributed by atoms with Crippen LogP contribution >= 0.6 is 11.6 Å². The van der Waals surface area contributed by atoms with Crippen LogP contribution in [0.4, 0.5) is 16.0 Å². The molecule has 0 saturated heterocycles. The van der Waals surface area contributed by atoms with Crippen LogP contribution in [0.5, 0.6) is 0 Å². The molecule has 2 saturated carbocycles. The van der Waals surface area contributed by atoms with Gasteiger partial charge in [-0.05, 0) is 48.6 Å². The van der Waals surface area contributed by atoms with Gasteiger partial charge in [-0.1, -0.05) is 0 Å². The van der Waals surface area contributed by atoms with E-state index in [4.69, 9.17) is 17.3 Å². The monoisotopic (exact) mass is 450 g/mol. The molecule has 12 heteroatoms. The molecule has 10 nitrogen and oxygen atoms in total. The number of hydrogen-bond donors (Lipinski definition) is 3. The predicted octanol–water partition coefficient (Wildman–Crippen LogP) is 1.87. The highest BCUT2D eigenvalue weighted by atomic mass is 35.5. The van der Waals surface area contributed by atoms with Gasteiger partial charge in [0, 0.05) is 17.6 Å². The number of anilines is 1. The molecular formula is C19H22ClFN7O3+. The summed E-state index contributed by atoms with van der Waals surface area (Å²) in [6.45, 7) is 0.142. The summed E-state index contributed by atoms with van der Waals surface area (Å²) in [5.41, 5.74) is 5.64. The van der Waals surface area contributed by atoms with Crippen molar-refractivity contribution < 1.29 is 18.5 Å². The molecule has 2 aromatic rings. The molecule has 0 unspecified atom stereocenters. The number of carbonyl (C=O) groups excluding carboxylic acids is 2. The van der Waals surface area contributed by atoms with Crippen LogP contribution < -0.4 is 15.6 Å². The molecule has 0 aliphatic heterocycles. The fourth-order valence-electron chi connectivity index (χ4n) is 5.19. The minimum Gasteiger partial charge on any atom is -0.369 e. The molecule has 31 heavy (non-hydrogen) atoms. The summed E-state index contributed by atoms with van der Waals surface area (Å²) in [5.74, 6) is -1.05. The van der Waals surface area contributed by atoms with Crippen molar-refractivity contribution in [1.82, 2.24) is 15.0 Å². The highest BCUT2D eigenvalue weighted by Crippen LogP contribution is 2.54. The number of primary amides is 1. The summed E-state index contributed by atoms with van der Waals surface area (Å²) in [5, 5.41) is 5.72. The lowest BCUT2D eigenvalue weighted by Crippen LogP contribution is -2.45. The van der Waals surface area contributed by atoms with Crippen LogP contribution in [-0.2, 0) is 16.1 Å². The number of hydrogen-bond acceptors (Lipinski definition) is 7. The minimum absolute atomic E-state index is 0.0220. The second kappa shape index (κ2) is 8.66. The number of rotatable bonds is 9. The molecule has 0 radical (unpaired) electrons. The molecular weight excluding hydrogens is 429 g/mol. The first-order chi connectivity index (χ1) is 14.9. The summed E-state index contributed by atoms with van der Waals surface area (Å²) < 4.78 is 15.7. The van der Waals surface area contributed by atoms with Crippen molar-refractivity contribution in [2.45, 2.75) is 38.3 Å². The van der Waals surface area contributed by atoms with Gasteiger partial charge in [0.25, 0.3) is 5.82 Å². The highest BCUT2D eigenvalue weighted by Gasteiger charge is 2.54. The lowest BCUT2D eigenvalue weighted by atomic mass is 9.76. The van der Waals surface area contributed by atoms with Crippen molar-refractivity contribution in [3.63, 3.8) is 0 Å². The van der Waals surface area contributed by atoms with Gasteiger partial charge in [0.15, 0.2) is 23.6 Å². The van der Waals surface area contributed by atoms with Crippen LogP contribution in [0.15, 0.2) is 23.9 Å². The van der Waals surface area contributed by atoms with E-state index in [2.05, 4.69) is 25.4 Å². The summed E-state index contributed by atoms with van der Waals surface area (Å²) >= 11 is 5.79. The Hall–Kier alpha value is -2.95. The number of amides is 1. The average Bonchev–Trinajstić information content (AvgIpc) is 3.43. The third-order valence-corrected chi connectivity index (χ3v) is 6.59. The number of nitrogens with one attached hydrogen (secondary N) is 2. The van der Waals surface area contributed by atoms with Crippen LogP contribution in [0, 0.1) is 34.4 Å². The van der Waals surface area contributed by atoms with Crippen molar-refractivity contribution in [2.24, 2.45) is 34.6 Å². The maximum absolute atomic E-state index is 14.1. The quantitative estimate of drug-likeness (QED) is 0.302. The summed E-state index contributed by atoms with van der Waals surface area (Å²) in [6.07, 6.45) is 6.56. The number of carbonyl (C=O) groups is 2. The maximum atomic E-state index is 14.1. The molecule has 4 rings (SSSR count). The number of fused-ring (bicyclic) bond motifs is 2. The van der Waals surface area contributed by atoms with E-state index in [0.717, 1.165) is 19.0 Å². The zero-order chi connectivity index (χ0) is 22.1. The molecule has 2 fully saturated rings. The second-order valence-electron chi connectivity index (χ2n) is 8.22. The van der Waals surface area contributed by atoms with Crippen LogP contribution in [0.25, 0.3) is 0 Å². The number of aromatic nitrogens is 4. The molecule has 164 valence electrons. The SMILES string of the molecule is NC(=O)[C@H]1[C@@H]2C[C@@H](CCC(=O)C[n+]3c[nH]c(N=O)c3)[C@@H](C2)[C@H]1Nc1nc(Cl)ncc1F. The number of nitrogens with zero attached hydrogens (tertiary/aromatic N) is 4. The van der Waals surface area contributed by atoms with E-state index in [1.54, 1.807) is 4.57 Å². The van der Waals surface area contributed by atoms with Gasteiger partial charge in [0.1, 0.15) is 6.54 Å². The molecule has 2 aromatic heterocycles. The van der Waals surface area contributed by atoms with E-state index in [1.165, 1.54) is 12.5 Å². The third kappa shape index (κ3) is 4.41. The van der Waals surface area contributed by atoms with Gasteiger partial charge in [0.05, 0.1) is 12.1 Å².